The molecule has 8 heteroatoms. The van der Waals surface area contributed by atoms with Crippen LogP contribution in [0.3, 0.4) is 0 Å². The summed E-state index contributed by atoms with van der Waals surface area (Å²) in [7, 11) is -0.951. The number of hydrogen-bond donors (Lipinski definition) is 0. The first kappa shape index (κ1) is 14.7. The van der Waals surface area contributed by atoms with Gasteiger partial charge in [-0.2, -0.15) is 21.9 Å². The highest BCUT2D eigenvalue weighted by atomic mass is 35.5. The van der Waals surface area contributed by atoms with E-state index in [9.17, 15) is 13.2 Å². The van der Waals surface area contributed by atoms with Gasteiger partial charge in [0.05, 0.1) is 0 Å². The van der Waals surface area contributed by atoms with Crippen LogP contribution in [-0.2, 0) is 10.2 Å². The summed E-state index contributed by atoms with van der Waals surface area (Å²) in [5.74, 6) is -0.389. The zero-order chi connectivity index (χ0) is 14.9. The van der Waals surface area contributed by atoms with Crippen molar-refractivity contribution in [3.8, 4) is 0 Å². The second kappa shape index (κ2) is 5.35. The van der Waals surface area contributed by atoms with Crippen LogP contribution < -0.4 is 0 Å². The maximum absolute atomic E-state index is 12.2. The zero-order valence-electron chi connectivity index (χ0n) is 10.8. The first-order valence-electron chi connectivity index (χ1n) is 5.61. The Labute approximate surface area is 121 Å². The number of carbonyl (C=O) groups is 1. The number of benzene rings is 1. The fourth-order valence-corrected chi connectivity index (χ4v) is 2.43. The molecule has 0 atom stereocenters. The van der Waals surface area contributed by atoms with Gasteiger partial charge >= 0.3 is 10.2 Å². The van der Waals surface area contributed by atoms with E-state index in [-0.39, 0.29) is 11.5 Å². The number of rotatable bonds is 4. The molecule has 0 amide bonds. The smallest absolute Gasteiger partial charge is 0.287 e. The van der Waals surface area contributed by atoms with Gasteiger partial charge in [0, 0.05) is 30.9 Å². The highest BCUT2D eigenvalue weighted by Crippen LogP contribution is 2.14. The van der Waals surface area contributed by atoms with Crippen molar-refractivity contribution < 1.29 is 13.2 Å². The highest BCUT2D eigenvalue weighted by Gasteiger charge is 2.20. The van der Waals surface area contributed by atoms with Crippen molar-refractivity contribution in [2.45, 2.75) is 0 Å². The molecule has 0 saturated heterocycles. The minimum Gasteiger partial charge on any atom is -0.287 e. The second-order valence-electron chi connectivity index (χ2n) is 4.20. The third-order valence-electron chi connectivity index (χ3n) is 2.58. The van der Waals surface area contributed by atoms with Crippen LogP contribution in [0.2, 0.25) is 5.02 Å². The van der Waals surface area contributed by atoms with Gasteiger partial charge in [-0.25, -0.2) is 0 Å². The van der Waals surface area contributed by atoms with Crippen LogP contribution >= 0.6 is 11.6 Å². The van der Waals surface area contributed by atoms with Gasteiger partial charge in [-0.1, -0.05) is 23.7 Å². The standard InChI is InChI=1S/C12H12ClN3O3S/c1-15(2)20(18,19)16-7-6-11(14-16)12(17)9-4-3-5-10(13)8-9/h3-8H,1-2H3. The van der Waals surface area contributed by atoms with Crippen LogP contribution in [0.1, 0.15) is 16.1 Å². The summed E-state index contributed by atoms with van der Waals surface area (Å²) in [5, 5.41) is 4.23. The van der Waals surface area contributed by atoms with E-state index < -0.39 is 10.2 Å². The third-order valence-corrected chi connectivity index (χ3v) is 4.42. The number of carbonyl (C=O) groups excluding carboxylic acids is 1. The molecule has 0 N–H and O–H groups in total. The largest absolute Gasteiger partial charge is 0.322 e. The summed E-state index contributed by atoms with van der Waals surface area (Å²) in [4.78, 5) is 12.2. The van der Waals surface area contributed by atoms with E-state index in [1.54, 1.807) is 18.2 Å². The van der Waals surface area contributed by atoms with Crippen molar-refractivity contribution in [1.29, 1.82) is 0 Å². The van der Waals surface area contributed by atoms with Crippen LogP contribution in [0, 0.1) is 0 Å². The summed E-state index contributed by atoms with van der Waals surface area (Å²) in [6, 6.07) is 7.73. The molecule has 0 fully saturated rings. The zero-order valence-corrected chi connectivity index (χ0v) is 12.4. The van der Waals surface area contributed by atoms with Crippen LogP contribution in [0.5, 0.6) is 0 Å². The average molecular weight is 314 g/mol. The number of aromatic nitrogens is 2. The Morgan fingerprint density at radius 2 is 2.00 bits per heavy atom. The summed E-state index contributed by atoms with van der Waals surface area (Å²) in [5.41, 5.74) is 0.391. The minimum atomic E-state index is -3.72. The summed E-state index contributed by atoms with van der Waals surface area (Å²) in [6.45, 7) is 0. The van der Waals surface area contributed by atoms with Gasteiger partial charge in [0.15, 0.2) is 0 Å². The molecule has 0 aliphatic heterocycles. The SMILES string of the molecule is CN(C)S(=O)(=O)n1ccc(C(=O)c2cccc(Cl)c2)n1. The van der Waals surface area contributed by atoms with Crippen LogP contribution in [0.15, 0.2) is 36.5 Å². The number of ketones is 1. The molecule has 0 spiro atoms. The lowest BCUT2D eigenvalue weighted by atomic mass is 10.1. The first-order valence-corrected chi connectivity index (χ1v) is 7.39. The van der Waals surface area contributed by atoms with Crippen molar-refractivity contribution in [3.05, 3.63) is 52.8 Å². The van der Waals surface area contributed by atoms with E-state index in [1.165, 1.54) is 32.4 Å². The molecule has 0 unspecified atom stereocenters. The molecular weight excluding hydrogens is 302 g/mol. The Balaban J connectivity index is 2.37. The lowest BCUT2D eigenvalue weighted by Gasteiger charge is -2.10. The number of hydrogen-bond acceptors (Lipinski definition) is 4. The van der Waals surface area contributed by atoms with E-state index in [0.717, 1.165) is 8.39 Å². The van der Waals surface area contributed by atoms with Gasteiger partial charge < -0.3 is 0 Å². The van der Waals surface area contributed by atoms with Crippen molar-refractivity contribution in [2.24, 2.45) is 0 Å². The van der Waals surface area contributed by atoms with Crippen LogP contribution in [0.4, 0.5) is 0 Å². The van der Waals surface area contributed by atoms with Crippen molar-refractivity contribution in [1.82, 2.24) is 13.5 Å². The highest BCUT2D eigenvalue weighted by molar-refractivity contribution is 7.87. The molecule has 2 aromatic rings. The van der Waals surface area contributed by atoms with Crippen molar-refractivity contribution in [3.63, 3.8) is 0 Å². The molecule has 1 aromatic heterocycles. The number of halogens is 1. The fraction of sp³-hybridized carbons (Fsp3) is 0.167. The van der Waals surface area contributed by atoms with Gasteiger partial charge in [-0.3, -0.25) is 4.79 Å². The van der Waals surface area contributed by atoms with Crippen molar-refractivity contribution in [2.75, 3.05) is 14.1 Å². The normalized spacial score (nSPS) is 11.8. The van der Waals surface area contributed by atoms with E-state index in [1.807, 2.05) is 0 Å². The van der Waals surface area contributed by atoms with E-state index >= 15 is 0 Å². The Morgan fingerprint density at radius 1 is 1.30 bits per heavy atom. The predicted octanol–water partition coefficient (Wildman–Crippen LogP) is 1.42. The van der Waals surface area contributed by atoms with Gasteiger partial charge in [0.1, 0.15) is 5.69 Å². The minimum absolute atomic E-state index is 0.0395. The molecule has 0 radical (unpaired) electrons. The summed E-state index contributed by atoms with van der Waals surface area (Å²) < 4.78 is 25.5. The maximum atomic E-state index is 12.2. The maximum Gasteiger partial charge on any atom is 0.322 e. The predicted molar refractivity (Wildman–Crippen MR) is 75.1 cm³/mol. The molecule has 106 valence electrons. The van der Waals surface area contributed by atoms with Gasteiger partial charge in [0.25, 0.3) is 0 Å². The molecule has 1 heterocycles. The lowest BCUT2D eigenvalue weighted by molar-refractivity contribution is 0.103. The third kappa shape index (κ3) is 2.74. The van der Waals surface area contributed by atoms with Crippen LogP contribution in [-0.4, -0.2) is 41.8 Å². The average Bonchev–Trinajstić information content (AvgIpc) is 2.87. The molecule has 0 saturated carbocycles. The fourth-order valence-electron chi connectivity index (χ4n) is 1.50. The summed E-state index contributed by atoms with van der Waals surface area (Å²) in [6.07, 6.45) is 1.23. The Kier molecular flexibility index (Phi) is 3.94. The lowest BCUT2D eigenvalue weighted by Crippen LogP contribution is -2.29. The van der Waals surface area contributed by atoms with Crippen molar-refractivity contribution >= 4 is 27.6 Å². The quantitative estimate of drug-likeness (QED) is 0.800. The van der Waals surface area contributed by atoms with E-state index in [4.69, 9.17) is 11.6 Å². The first-order chi connectivity index (χ1) is 9.32. The van der Waals surface area contributed by atoms with Crippen LogP contribution in [0.25, 0.3) is 0 Å². The summed E-state index contributed by atoms with van der Waals surface area (Å²) >= 11 is 5.82. The Bertz CT molecular complexity index is 753. The second-order valence-corrected chi connectivity index (χ2v) is 6.64. The van der Waals surface area contributed by atoms with Gasteiger partial charge in [0.2, 0.25) is 5.78 Å². The molecule has 0 aliphatic rings. The molecule has 20 heavy (non-hydrogen) atoms. The molecule has 0 bridgehead atoms. The molecule has 1 aromatic carbocycles. The molecule has 6 nitrogen and oxygen atoms in total. The molecule has 2 rings (SSSR count). The molecular formula is C12H12ClN3O3S. The Hall–Kier alpha value is -1.70. The monoisotopic (exact) mass is 313 g/mol. The van der Waals surface area contributed by atoms with Gasteiger partial charge in [-0.15, -0.1) is 0 Å². The van der Waals surface area contributed by atoms with E-state index in [0.29, 0.717) is 10.6 Å². The Morgan fingerprint density at radius 3 is 2.60 bits per heavy atom. The van der Waals surface area contributed by atoms with Gasteiger partial charge in [-0.05, 0) is 18.2 Å². The topological polar surface area (TPSA) is 72.3 Å². The van der Waals surface area contributed by atoms with E-state index in [2.05, 4.69) is 5.10 Å². The number of nitrogens with zero attached hydrogens (tertiary/aromatic N) is 3. The molecule has 0 aliphatic carbocycles.